The summed E-state index contributed by atoms with van der Waals surface area (Å²) in [5, 5.41) is 12.4. The Kier molecular flexibility index (Phi) is 4.34. The zero-order valence-electron chi connectivity index (χ0n) is 14.4. The summed E-state index contributed by atoms with van der Waals surface area (Å²) in [5.74, 6) is -1.14. The van der Waals surface area contributed by atoms with Crippen molar-refractivity contribution in [3.63, 3.8) is 0 Å². The highest BCUT2D eigenvalue weighted by Crippen LogP contribution is 2.52. The van der Waals surface area contributed by atoms with Gasteiger partial charge in [-0.1, -0.05) is 48.5 Å². The number of hydroxylamine groups is 1. The van der Waals surface area contributed by atoms with Gasteiger partial charge < -0.3 is 5.32 Å². The van der Waals surface area contributed by atoms with Crippen molar-refractivity contribution in [2.75, 3.05) is 6.54 Å². The molecule has 5 heteroatoms. The first-order valence-corrected chi connectivity index (χ1v) is 8.99. The molecular weight excluding hydrogens is 328 g/mol. The molecule has 5 nitrogen and oxygen atoms in total. The summed E-state index contributed by atoms with van der Waals surface area (Å²) in [7, 11) is 0. The Morgan fingerprint density at radius 1 is 1.04 bits per heavy atom. The quantitative estimate of drug-likeness (QED) is 0.450. The van der Waals surface area contributed by atoms with Crippen molar-refractivity contribution >= 4 is 11.7 Å². The smallest absolute Gasteiger partial charge is 0.248 e. The molecule has 2 aliphatic rings. The van der Waals surface area contributed by atoms with Crippen LogP contribution in [-0.4, -0.2) is 29.5 Å². The minimum absolute atomic E-state index is 0.105. The van der Waals surface area contributed by atoms with Crippen LogP contribution in [0.2, 0.25) is 0 Å². The van der Waals surface area contributed by atoms with Gasteiger partial charge in [-0.25, -0.2) is 5.48 Å². The maximum Gasteiger partial charge on any atom is 0.248 e. The SMILES string of the molecule is O=C(NO)C1CC2(CC2)CNC1C(=O)c1cccc(-c2ccccc2)c1. The van der Waals surface area contributed by atoms with Crippen LogP contribution in [-0.2, 0) is 4.79 Å². The topological polar surface area (TPSA) is 78.4 Å². The summed E-state index contributed by atoms with van der Waals surface area (Å²) in [5.41, 5.74) is 4.45. The van der Waals surface area contributed by atoms with E-state index in [4.69, 9.17) is 5.21 Å². The molecule has 2 aromatic carbocycles. The van der Waals surface area contributed by atoms with Crippen LogP contribution in [0.5, 0.6) is 0 Å². The lowest BCUT2D eigenvalue weighted by molar-refractivity contribution is -0.135. The van der Waals surface area contributed by atoms with Gasteiger partial charge in [-0.05, 0) is 41.9 Å². The van der Waals surface area contributed by atoms with Crippen LogP contribution in [0.3, 0.4) is 0 Å². The van der Waals surface area contributed by atoms with Crippen LogP contribution < -0.4 is 10.8 Å². The Hall–Kier alpha value is -2.50. The first kappa shape index (κ1) is 16.9. The fourth-order valence-electron chi connectivity index (χ4n) is 3.95. The third-order valence-corrected chi connectivity index (χ3v) is 5.69. The fraction of sp³-hybridized carbons (Fsp3) is 0.333. The van der Waals surface area contributed by atoms with Crippen molar-refractivity contribution in [2.45, 2.75) is 25.3 Å². The van der Waals surface area contributed by atoms with Gasteiger partial charge in [0.1, 0.15) is 0 Å². The predicted molar refractivity (Wildman–Crippen MR) is 97.7 cm³/mol. The zero-order chi connectivity index (χ0) is 18.1. The molecule has 2 unspecified atom stereocenters. The number of benzene rings is 2. The molecule has 2 atom stereocenters. The molecule has 1 saturated heterocycles. The Bertz CT molecular complexity index is 830. The molecule has 0 bridgehead atoms. The average molecular weight is 350 g/mol. The number of carbonyl (C=O) groups excluding carboxylic acids is 2. The Balaban J connectivity index is 1.61. The van der Waals surface area contributed by atoms with Crippen LogP contribution in [0.4, 0.5) is 0 Å². The van der Waals surface area contributed by atoms with Gasteiger partial charge in [0.25, 0.3) is 0 Å². The Labute approximate surface area is 152 Å². The molecule has 4 rings (SSSR count). The highest BCUT2D eigenvalue weighted by Gasteiger charge is 2.52. The number of hydrogen-bond donors (Lipinski definition) is 3. The maximum atomic E-state index is 13.1. The number of carbonyl (C=O) groups is 2. The summed E-state index contributed by atoms with van der Waals surface area (Å²) in [6.07, 6.45) is 2.78. The standard InChI is InChI=1S/C21H22N2O3/c24-19(16-8-4-7-15(11-16)14-5-2-1-3-6-14)18-17(20(25)23-26)12-21(9-10-21)13-22-18/h1-8,11,17-18,22,26H,9-10,12-13H2,(H,23,25). The molecule has 1 aliphatic carbocycles. The third-order valence-electron chi connectivity index (χ3n) is 5.69. The van der Waals surface area contributed by atoms with E-state index in [2.05, 4.69) is 5.32 Å². The van der Waals surface area contributed by atoms with Gasteiger partial charge in [-0.15, -0.1) is 0 Å². The number of ketones is 1. The second-order valence-electron chi connectivity index (χ2n) is 7.46. The maximum absolute atomic E-state index is 13.1. The number of nitrogens with one attached hydrogen (secondary N) is 2. The van der Waals surface area contributed by atoms with Gasteiger partial charge in [0.15, 0.2) is 5.78 Å². The molecule has 1 heterocycles. The van der Waals surface area contributed by atoms with E-state index in [1.807, 2.05) is 48.5 Å². The van der Waals surface area contributed by atoms with Crippen LogP contribution in [0.25, 0.3) is 11.1 Å². The van der Waals surface area contributed by atoms with Gasteiger partial charge in [-0.2, -0.15) is 0 Å². The second kappa shape index (κ2) is 6.67. The predicted octanol–water partition coefficient (Wildman–Crippen LogP) is 2.80. The fourth-order valence-corrected chi connectivity index (χ4v) is 3.95. The van der Waals surface area contributed by atoms with E-state index >= 15 is 0 Å². The number of piperidine rings is 1. The van der Waals surface area contributed by atoms with Crippen molar-refractivity contribution in [2.24, 2.45) is 11.3 Å². The molecule has 2 aromatic rings. The molecule has 0 aromatic heterocycles. The molecule has 1 aliphatic heterocycles. The molecule has 3 N–H and O–H groups in total. The lowest BCUT2D eigenvalue weighted by atomic mass is 9.79. The number of rotatable bonds is 4. The van der Waals surface area contributed by atoms with E-state index in [-0.39, 0.29) is 11.2 Å². The summed E-state index contributed by atoms with van der Waals surface area (Å²) < 4.78 is 0. The minimum Gasteiger partial charge on any atom is -0.306 e. The lowest BCUT2D eigenvalue weighted by Gasteiger charge is -2.35. The molecule has 2 fully saturated rings. The van der Waals surface area contributed by atoms with E-state index in [1.54, 1.807) is 11.5 Å². The van der Waals surface area contributed by atoms with Gasteiger partial charge in [0, 0.05) is 12.1 Å². The molecule has 1 amide bonds. The van der Waals surface area contributed by atoms with Gasteiger partial charge in [0.05, 0.1) is 12.0 Å². The largest absolute Gasteiger partial charge is 0.306 e. The van der Waals surface area contributed by atoms with E-state index in [9.17, 15) is 9.59 Å². The van der Waals surface area contributed by atoms with Crippen molar-refractivity contribution in [3.05, 3.63) is 60.2 Å². The molecule has 0 radical (unpaired) electrons. The second-order valence-corrected chi connectivity index (χ2v) is 7.46. The van der Waals surface area contributed by atoms with Crippen LogP contribution in [0.15, 0.2) is 54.6 Å². The van der Waals surface area contributed by atoms with E-state index in [0.717, 1.165) is 30.5 Å². The van der Waals surface area contributed by atoms with Crippen molar-refractivity contribution < 1.29 is 14.8 Å². The summed E-state index contributed by atoms with van der Waals surface area (Å²) >= 11 is 0. The number of hydrogen-bond acceptors (Lipinski definition) is 4. The minimum atomic E-state index is -0.612. The number of Topliss-reactive ketones (excluding diaryl/α,β-unsaturated/α-hetero) is 1. The lowest BCUT2D eigenvalue weighted by Crippen LogP contribution is -2.55. The summed E-state index contributed by atoms with van der Waals surface area (Å²) in [6, 6.07) is 16.8. The third kappa shape index (κ3) is 3.16. The van der Waals surface area contributed by atoms with Gasteiger partial charge in [0.2, 0.25) is 5.91 Å². The van der Waals surface area contributed by atoms with E-state index in [0.29, 0.717) is 12.0 Å². The normalized spacial score (nSPS) is 23.4. The van der Waals surface area contributed by atoms with Crippen LogP contribution >= 0.6 is 0 Å². The average Bonchev–Trinajstić information content (AvgIpc) is 3.46. The Morgan fingerprint density at radius 3 is 2.46 bits per heavy atom. The zero-order valence-corrected chi connectivity index (χ0v) is 14.4. The summed E-state index contributed by atoms with van der Waals surface area (Å²) in [4.78, 5) is 25.3. The van der Waals surface area contributed by atoms with E-state index in [1.165, 1.54) is 0 Å². The van der Waals surface area contributed by atoms with Gasteiger partial charge >= 0.3 is 0 Å². The highest BCUT2D eigenvalue weighted by molar-refractivity contribution is 6.03. The molecule has 26 heavy (non-hydrogen) atoms. The van der Waals surface area contributed by atoms with Crippen molar-refractivity contribution in [1.29, 1.82) is 0 Å². The molecular formula is C21H22N2O3. The van der Waals surface area contributed by atoms with Gasteiger partial charge in [-0.3, -0.25) is 14.8 Å². The number of amides is 1. The molecule has 134 valence electrons. The van der Waals surface area contributed by atoms with E-state index < -0.39 is 17.9 Å². The van der Waals surface area contributed by atoms with Crippen LogP contribution in [0, 0.1) is 11.3 Å². The highest BCUT2D eigenvalue weighted by atomic mass is 16.5. The van der Waals surface area contributed by atoms with Crippen molar-refractivity contribution in [3.8, 4) is 11.1 Å². The molecule has 1 saturated carbocycles. The Morgan fingerprint density at radius 2 is 1.77 bits per heavy atom. The van der Waals surface area contributed by atoms with Crippen molar-refractivity contribution in [1.82, 2.24) is 10.8 Å². The monoisotopic (exact) mass is 350 g/mol. The first-order chi connectivity index (χ1) is 12.6. The molecule has 1 spiro atoms. The summed E-state index contributed by atoms with van der Waals surface area (Å²) in [6.45, 7) is 0.747. The first-order valence-electron chi connectivity index (χ1n) is 8.99. The van der Waals surface area contributed by atoms with Crippen LogP contribution in [0.1, 0.15) is 29.6 Å².